The Labute approximate surface area is 97.4 Å². The molecule has 0 saturated carbocycles. The van der Waals surface area contributed by atoms with Gasteiger partial charge in [0.1, 0.15) is 5.75 Å². The topological polar surface area (TPSA) is 41.5 Å². The molecular weight excluding hydrogens is 202 g/mol. The highest BCUT2D eigenvalue weighted by Gasteiger charge is 2.07. The Kier molecular flexibility index (Phi) is 4.77. The van der Waals surface area contributed by atoms with Gasteiger partial charge >= 0.3 is 0 Å². The van der Waals surface area contributed by atoms with Gasteiger partial charge in [-0.3, -0.25) is 0 Å². The number of ether oxygens (including phenoxy) is 1. The standard InChI is InChI=1S/C13H21NO2/c1-9-5-10(2)13(16-4)12(6-9)8-14-7-11(3)15/h5-6,11,14-15H,7-8H2,1-4H3. The van der Waals surface area contributed by atoms with Crippen molar-refractivity contribution in [1.82, 2.24) is 5.32 Å². The summed E-state index contributed by atoms with van der Waals surface area (Å²) in [4.78, 5) is 0. The summed E-state index contributed by atoms with van der Waals surface area (Å²) in [7, 11) is 1.69. The fourth-order valence-corrected chi connectivity index (χ4v) is 1.88. The highest BCUT2D eigenvalue weighted by Crippen LogP contribution is 2.24. The van der Waals surface area contributed by atoms with Crippen molar-refractivity contribution in [2.75, 3.05) is 13.7 Å². The molecule has 0 spiro atoms. The maximum absolute atomic E-state index is 9.17. The van der Waals surface area contributed by atoms with Gasteiger partial charge in [0.05, 0.1) is 13.2 Å². The van der Waals surface area contributed by atoms with Crippen LogP contribution in [-0.4, -0.2) is 24.9 Å². The molecule has 0 aliphatic heterocycles. The first-order chi connectivity index (χ1) is 7.54. The lowest BCUT2D eigenvalue weighted by Gasteiger charge is -2.14. The Balaban J connectivity index is 2.77. The van der Waals surface area contributed by atoms with Crippen LogP contribution in [0.4, 0.5) is 0 Å². The predicted octanol–water partition coefficient (Wildman–Crippen LogP) is 1.78. The zero-order valence-corrected chi connectivity index (χ0v) is 10.5. The molecule has 1 unspecified atom stereocenters. The van der Waals surface area contributed by atoms with E-state index in [1.165, 1.54) is 5.56 Å². The fraction of sp³-hybridized carbons (Fsp3) is 0.538. The Hall–Kier alpha value is -1.06. The zero-order valence-electron chi connectivity index (χ0n) is 10.5. The molecule has 0 saturated heterocycles. The lowest BCUT2D eigenvalue weighted by Crippen LogP contribution is -2.24. The Morgan fingerprint density at radius 2 is 2.06 bits per heavy atom. The average molecular weight is 223 g/mol. The van der Waals surface area contributed by atoms with Gasteiger partial charge < -0.3 is 15.2 Å². The molecular formula is C13H21NO2. The van der Waals surface area contributed by atoms with Crippen molar-refractivity contribution >= 4 is 0 Å². The molecule has 3 nitrogen and oxygen atoms in total. The van der Waals surface area contributed by atoms with E-state index < -0.39 is 0 Å². The first-order valence-corrected chi connectivity index (χ1v) is 5.57. The Morgan fingerprint density at radius 3 is 2.62 bits per heavy atom. The molecule has 0 aliphatic carbocycles. The fourth-order valence-electron chi connectivity index (χ4n) is 1.88. The van der Waals surface area contributed by atoms with Crippen molar-refractivity contribution in [2.45, 2.75) is 33.4 Å². The number of aliphatic hydroxyl groups excluding tert-OH is 1. The molecule has 1 rings (SSSR count). The zero-order chi connectivity index (χ0) is 12.1. The van der Waals surface area contributed by atoms with Gasteiger partial charge in [-0.05, 0) is 26.3 Å². The third-order valence-corrected chi connectivity index (χ3v) is 2.46. The van der Waals surface area contributed by atoms with Crippen LogP contribution in [0.25, 0.3) is 0 Å². The third-order valence-electron chi connectivity index (χ3n) is 2.46. The summed E-state index contributed by atoms with van der Waals surface area (Å²) in [5, 5.41) is 12.4. The third kappa shape index (κ3) is 3.51. The van der Waals surface area contributed by atoms with Gasteiger partial charge in [-0.25, -0.2) is 0 Å². The van der Waals surface area contributed by atoms with Crippen LogP contribution in [0.1, 0.15) is 23.6 Å². The lowest BCUT2D eigenvalue weighted by atomic mass is 10.1. The molecule has 0 radical (unpaired) electrons. The van der Waals surface area contributed by atoms with Gasteiger partial charge in [-0.15, -0.1) is 0 Å². The van der Waals surface area contributed by atoms with E-state index in [2.05, 4.69) is 24.4 Å². The molecule has 3 heteroatoms. The summed E-state index contributed by atoms with van der Waals surface area (Å²) in [6, 6.07) is 4.22. The van der Waals surface area contributed by atoms with Crippen LogP contribution in [0.5, 0.6) is 5.75 Å². The van der Waals surface area contributed by atoms with E-state index in [1.54, 1.807) is 14.0 Å². The number of aliphatic hydroxyl groups is 1. The molecule has 0 bridgehead atoms. The number of hydrogen-bond acceptors (Lipinski definition) is 3. The summed E-state index contributed by atoms with van der Waals surface area (Å²) in [6.45, 7) is 7.20. The van der Waals surface area contributed by atoms with Crippen molar-refractivity contribution in [3.05, 3.63) is 28.8 Å². The minimum Gasteiger partial charge on any atom is -0.496 e. The molecule has 0 fully saturated rings. The number of nitrogens with one attached hydrogen (secondary N) is 1. The van der Waals surface area contributed by atoms with Gasteiger partial charge in [-0.2, -0.15) is 0 Å². The van der Waals surface area contributed by atoms with Crippen molar-refractivity contribution in [2.24, 2.45) is 0 Å². The lowest BCUT2D eigenvalue weighted by molar-refractivity contribution is 0.191. The van der Waals surface area contributed by atoms with Crippen LogP contribution >= 0.6 is 0 Å². The maximum atomic E-state index is 9.17. The molecule has 2 N–H and O–H groups in total. The van der Waals surface area contributed by atoms with Crippen molar-refractivity contribution in [1.29, 1.82) is 0 Å². The number of hydrogen-bond donors (Lipinski definition) is 2. The van der Waals surface area contributed by atoms with Crippen molar-refractivity contribution in [3.8, 4) is 5.75 Å². The second-order valence-electron chi connectivity index (χ2n) is 4.25. The minimum atomic E-state index is -0.322. The van der Waals surface area contributed by atoms with Crippen LogP contribution in [0.2, 0.25) is 0 Å². The van der Waals surface area contributed by atoms with Gasteiger partial charge in [-0.1, -0.05) is 17.7 Å². The van der Waals surface area contributed by atoms with E-state index >= 15 is 0 Å². The van der Waals surface area contributed by atoms with E-state index in [-0.39, 0.29) is 6.10 Å². The first kappa shape index (κ1) is 13.0. The van der Waals surface area contributed by atoms with Crippen LogP contribution in [0.3, 0.4) is 0 Å². The second-order valence-corrected chi connectivity index (χ2v) is 4.25. The van der Waals surface area contributed by atoms with Gasteiger partial charge in [0.2, 0.25) is 0 Å². The molecule has 90 valence electrons. The monoisotopic (exact) mass is 223 g/mol. The number of benzene rings is 1. The number of rotatable bonds is 5. The number of aryl methyl sites for hydroxylation is 2. The van der Waals surface area contributed by atoms with Gasteiger partial charge in [0.15, 0.2) is 0 Å². The molecule has 0 amide bonds. The normalized spacial score (nSPS) is 12.6. The molecule has 0 aliphatic rings. The summed E-state index contributed by atoms with van der Waals surface area (Å²) < 4.78 is 5.39. The van der Waals surface area contributed by atoms with E-state index in [0.29, 0.717) is 6.54 Å². The van der Waals surface area contributed by atoms with Crippen LogP contribution in [0, 0.1) is 13.8 Å². The predicted molar refractivity (Wildman–Crippen MR) is 65.9 cm³/mol. The average Bonchev–Trinajstić information content (AvgIpc) is 2.16. The molecule has 1 aromatic carbocycles. The Morgan fingerprint density at radius 1 is 1.38 bits per heavy atom. The molecule has 0 heterocycles. The maximum Gasteiger partial charge on any atom is 0.126 e. The second kappa shape index (κ2) is 5.87. The van der Waals surface area contributed by atoms with Crippen LogP contribution in [-0.2, 0) is 6.54 Å². The largest absolute Gasteiger partial charge is 0.496 e. The van der Waals surface area contributed by atoms with Crippen LogP contribution in [0.15, 0.2) is 12.1 Å². The van der Waals surface area contributed by atoms with Crippen LogP contribution < -0.4 is 10.1 Å². The van der Waals surface area contributed by atoms with E-state index in [4.69, 9.17) is 4.74 Å². The molecule has 0 aromatic heterocycles. The summed E-state index contributed by atoms with van der Waals surface area (Å²) in [6.07, 6.45) is -0.322. The van der Waals surface area contributed by atoms with E-state index in [1.807, 2.05) is 6.92 Å². The molecule has 16 heavy (non-hydrogen) atoms. The highest BCUT2D eigenvalue weighted by molar-refractivity contribution is 5.43. The molecule has 1 atom stereocenters. The van der Waals surface area contributed by atoms with Crippen molar-refractivity contribution < 1.29 is 9.84 Å². The summed E-state index contributed by atoms with van der Waals surface area (Å²) >= 11 is 0. The quantitative estimate of drug-likeness (QED) is 0.799. The summed E-state index contributed by atoms with van der Waals surface area (Å²) in [5.74, 6) is 0.934. The van der Waals surface area contributed by atoms with Gasteiger partial charge in [0, 0.05) is 18.7 Å². The van der Waals surface area contributed by atoms with E-state index in [0.717, 1.165) is 23.4 Å². The van der Waals surface area contributed by atoms with E-state index in [9.17, 15) is 5.11 Å². The minimum absolute atomic E-state index is 0.322. The smallest absolute Gasteiger partial charge is 0.126 e. The first-order valence-electron chi connectivity index (χ1n) is 5.57. The number of methoxy groups -OCH3 is 1. The molecule has 1 aromatic rings. The highest BCUT2D eigenvalue weighted by atomic mass is 16.5. The SMILES string of the molecule is COc1c(C)cc(C)cc1CNCC(C)O. The Bertz CT molecular complexity index is 348. The van der Waals surface area contributed by atoms with Gasteiger partial charge in [0.25, 0.3) is 0 Å². The van der Waals surface area contributed by atoms with Crippen molar-refractivity contribution in [3.63, 3.8) is 0 Å². The summed E-state index contributed by atoms with van der Waals surface area (Å²) in [5.41, 5.74) is 3.52.